The lowest BCUT2D eigenvalue weighted by molar-refractivity contribution is -0.135. The fraction of sp³-hybridized carbons (Fsp3) is 0.957. The summed E-state index contributed by atoms with van der Waals surface area (Å²) in [6, 6.07) is 0. The van der Waals surface area contributed by atoms with Crippen molar-refractivity contribution >= 4 is 5.97 Å². The number of nitrogens with one attached hydrogen (secondary N) is 11. The Bertz CT molecular complexity index is 437. The molecule has 216 valence electrons. The van der Waals surface area contributed by atoms with E-state index in [1.807, 2.05) is 7.05 Å². The Hall–Kier alpha value is -0.970. The van der Waals surface area contributed by atoms with Gasteiger partial charge >= 0.3 is 5.97 Å². The monoisotopic (exact) mass is 519 g/mol. The second kappa shape index (κ2) is 32.1. The van der Waals surface area contributed by atoms with Crippen LogP contribution in [0, 0.1) is 0 Å². The van der Waals surface area contributed by atoms with Crippen molar-refractivity contribution in [3.63, 3.8) is 0 Å². The lowest BCUT2D eigenvalue weighted by atomic mass is 10.5. The fourth-order valence-corrected chi connectivity index (χ4v) is 3.12. The SMILES string of the molecule is CNCCNCCNCCNCCNCCNCCNCCNCCNCCNCCNCC(=O)O. The second-order valence-electron chi connectivity index (χ2n) is 8.42. The van der Waals surface area contributed by atoms with E-state index >= 15 is 0 Å². The summed E-state index contributed by atoms with van der Waals surface area (Å²) in [5, 5.41) is 45.1. The number of hydrogen-bond acceptors (Lipinski definition) is 12. The number of carbonyl (C=O) groups is 1. The molecule has 0 aromatic carbocycles. The Balaban J connectivity index is 3.02. The lowest BCUT2D eigenvalue weighted by Gasteiger charge is -2.10. The fourth-order valence-electron chi connectivity index (χ4n) is 3.12. The molecule has 0 radical (unpaired) electrons. The predicted molar refractivity (Wildman–Crippen MR) is 150 cm³/mol. The summed E-state index contributed by atoms with van der Waals surface area (Å²) in [5.41, 5.74) is 0. The van der Waals surface area contributed by atoms with Crippen LogP contribution in [0.2, 0.25) is 0 Å². The van der Waals surface area contributed by atoms with E-state index in [-0.39, 0.29) is 6.54 Å². The molecule has 0 aromatic rings. The average molecular weight is 520 g/mol. The van der Waals surface area contributed by atoms with Gasteiger partial charge in [-0.15, -0.1) is 0 Å². The van der Waals surface area contributed by atoms with Gasteiger partial charge in [-0.25, -0.2) is 0 Å². The van der Waals surface area contributed by atoms with E-state index in [2.05, 4.69) is 58.5 Å². The third-order valence-corrected chi connectivity index (χ3v) is 5.13. The Morgan fingerprint density at radius 2 is 0.583 bits per heavy atom. The van der Waals surface area contributed by atoms with E-state index in [1.54, 1.807) is 0 Å². The van der Waals surface area contributed by atoms with Crippen molar-refractivity contribution in [1.82, 2.24) is 58.5 Å². The molecule has 0 amide bonds. The standard InChI is InChI=1S/C23H57N11O2/c1-24-2-3-25-4-5-26-6-7-27-8-9-28-10-11-29-12-13-30-14-15-31-16-17-32-18-19-33-20-21-34-22-23(35)36/h24-34H,2-22H2,1H3,(H,35,36). The summed E-state index contributed by atoms with van der Waals surface area (Å²) in [4.78, 5) is 10.3. The summed E-state index contributed by atoms with van der Waals surface area (Å²) >= 11 is 0. The summed E-state index contributed by atoms with van der Waals surface area (Å²) < 4.78 is 0. The van der Waals surface area contributed by atoms with Crippen LogP contribution in [-0.4, -0.2) is 156 Å². The van der Waals surface area contributed by atoms with Gasteiger partial charge < -0.3 is 63.6 Å². The van der Waals surface area contributed by atoms with Crippen LogP contribution in [0.3, 0.4) is 0 Å². The molecule has 0 bridgehead atoms. The maximum Gasteiger partial charge on any atom is 0.317 e. The molecule has 0 fully saturated rings. The minimum atomic E-state index is -0.821. The molecule has 0 aliphatic heterocycles. The molecular weight excluding hydrogens is 462 g/mol. The molecule has 0 spiro atoms. The van der Waals surface area contributed by atoms with Crippen LogP contribution in [0.4, 0.5) is 0 Å². The van der Waals surface area contributed by atoms with Gasteiger partial charge in [-0.3, -0.25) is 4.79 Å². The molecular formula is C23H57N11O2. The van der Waals surface area contributed by atoms with Crippen LogP contribution in [-0.2, 0) is 4.79 Å². The van der Waals surface area contributed by atoms with Crippen molar-refractivity contribution in [3.8, 4) is 0 Å². The zero-order valence-corrected chi connectivity index (χ0v) is 22.7. The number of carboxylic acid groups (broad SMARTS) is 1. The number of rotatable bonds is 32. The minimum Gasteiger partial charge on any atom is -0.480 e. The Labute approximate surface area is 219 Å². The molecule has 13 nitrogen and oxygen atoms in total. The number of likely N-dealkylation sites (N-methyl/N-ethyl adjacent to an activating group) is 1. The smallest absolute Gasteiger partial charge is 0.317 e. The van der Waals surface area contributed by atoms with Crippen molar-refractivity contribution in [1.29, 1.82) is 0 Å². The minimum absolute atomic E-state index is 0.0163. The van der Waals surface area contributed by atoms with Crippen LogP contribution in [0.5, 0.6) is 0 Å². The Morgan fingerprint density at radius 1 is 0.389 bits per heavy atom. The first-order chi connectivity index (χ1) is 17.8. The van der Waals surface area contributed by atoms with E-state index in [4.69, 9.17) is 5.11 Å². The summed E-state index contributed by atoms with van der Waals surface area (Å²) in [7, 11) is 1.97. The van der Waals surface area contributed by atoms with Gasteiger partial charge in [0.2, 0.25) is 0 Å². The summed E-state index contributed by atoms with van der Waals surface area (Å²) in [6.45, 7) is 19.1. The van der Waals surface area contributed by atoms with Gasteiger partial charge in [-0.05, 0) is 7.05 Å². The summed E-state index contributed by atoms with van der Waals surface area (Å²) in [5.74, 6) is -0.821. The van der Waals surface area contributed by atoms with Crippen LogP contribution < -0.4 is 58.5 Å². The van der Waals surface area contributed by atoms with Crippen molar-refractivity contribution in [2.45, 2.75) is 0 Å². The highest BCUT2D eigenvalue weighted by atomic mass is 16.4. The van der Waals surface area contributed by atoms with E-state index in [0.717, 1.165) is 124 Å². The first kappa shape index (κ1) is 35.0. The largest absolute Gasteiger partial charge is 0.480 e. The highest BCUT2D eigenvalue weighted by molar-refractivity contribution is 5.68. The molecule has 36 heavy (non-hydrogen) atoms. The average Bonchev–Trinajstić information content (AvgIpc) is 2.87. The van der Waals surface area contributed by atoms with E-state index in [9.17, 15) is 4.79 Å². The van der Waals surface area contributed by atoms with Crippen LogP contribution in [0.15, 0.2) is 0 Å². The Morgan fingerprint density at radius 3 is 0.778 bits per heavy atom. The number of hydrogen-bond donors (Lipinski definition) is 12. The lowest BCUT2D eigenvalue weighted by Crippen LogP contribution is -2.38. The van der Waals surface area contributed by atoms with Gasteiger partial charge in [-0.1, -0.05) is 0 Å². The second-order valence-corrected chi connectivity index (χ2v) is 8.42. The van der Waals surface area contributed by atoms with Crippen molar-refractivity contribution in [2.24, 2.45) is 0 Å². The molecule has 12 N–H and O–H groups in total. The van der Waals surface area contributed by atoms with Crippen LogP contribution in [0.1, 0.15) is 0 Å². The van der Waals surface area contributed by atoms with E-state index < -0.39 is 5.97 Å². The van der Waals surface area contributed by atoms with Crippen molar-refractivity contribution < 1.29 is 9.90 Å². The molecule has 0 aliphatic carbocycles. The molecule has 0 atom stereocenters. The van der Waals surface area contributed by atoms with Crippen LogP contribution in [0.25, 0.3) is 0 Å². The van der Waals surface area contributed by atoms with Gasteiger partial charge in [0.15, 0.2) is 0 Å². The molecule has 13 heteroatoms. The summed E-state index contributed by atoms with van der Waals surface area (Å²) in [6.07, 6.45) is 0. The first-order valence-corrected chi connectivity index (χ1v) is 13.7. The van der Waals surface area contributed by atoms with Gasteiger partial charge in [0.05, 0.1) is 6.54 Å². The van der Waals surface area contributed by atoms with E-state index in [0.29, 0.717) is 6.54 Å². The normalized spacial score (nSPS) is 11.4. The molecule has 0 rings (SSSR count). The highest BCUT2D eigenvalue weighted by Crippen LogP contribution is 1.67. The van der Waals surface area contributed by atoms with Crippen LogP contribution >= 0.6 is 0 Å². The molecule has 0 unspecified atom stereocenters. The van der Waals surface area contributed by atoms with Gasteiger partial charge in [0.25, 0.3) is 0 Å². The maximum absolute atomic E-state index is 10.3. The van der Waals surface area contributed by atoms with Crippen molar-refractivity contribution in [2.75, 3.05) is 144 Å². The molecule has 0 aliphatic rings. The number of carboxylic acids is 1. The van der Waals surface area contributed by atoms with Crippen molar-refractivity contribution in [3.05, 3.63) is 0 Å². The predicted octanol–water partition coefficient (Wildman–Crippen LogP) is -4.81. The zero-order valence-electron chi connectivity index (χ0n) is 22.7. The van der Waals surface area contributed by atoms with Gasteiger partial charge in [0, 0.05) is 131 Å². The maximum atomic E-state index is 10.3. The topological polar surface area (TPSA) is 170 Å². The van der Waals surface area contributed by atoms with E-state index in [1.165, 1.54) is 0 Å². The molecule has 0 saturated carbocycles. The van der Waals surface area contributed by atoms with Gasteiger partial charge in [-0.2, -0.15) is 0 Å². The molecule has 0 aromatic heterocycles. The Kier molecular flexibility index (Phi) is 31.2. The highest BCUT2D eigenvalue weighted by Gasteiger charge is 1.95. The molecule has 0 heterocycles. The quantitative estimate of drug-likeness (QED) is 0.0383. The van der Waals surface area contributed by atoms with Gasteiger partial charge in [0.1, 0.15) is 0 Å². The third-order valence-electron chi connectivity index (χ3n) is 5.13. The third kappa shape index (κ3) is 33.0. The number of aliphatic carboxylic acids is 1. The molecule has 0 saturated heterocycles. The first-order valence-electron chi connectivity index (χ1n) is 13.7. The zero-order chi connectivity index (χ0) is 26.2.